The first-order valence-electron chi connectivity index (χ1n) is 5.88. The molecule has 1 aliphatic rings. The van der Waals surface area contributed by atoms with E-state index >= 15 is 0 Å². The molecule has 2 rings (SSSR count). The predicted octanol–water partition coefficient (Wildman–Crippen LogP) is 1.48. The number of benzene rings is 1. The lowest BCUT2D eigenvalue weighted by atomic mass is 10.1. The standard InChI is InChI=1S/C13H18N2O2/c1-10(16)9-11-5-3-4-6-12(11)15-8-7-14(2)13(15)17/h3-6,10,16H,7-9H2,1-2H3. The van der Waals surface area contributed by atoms with Crippen molar-refractivity contribution in [2.24, 2.45) is 0 Å². The third kappa shape index (κ3) is 2.42. The predicted molar refractivity (Wildman–Crippen MR) is 67.2 cm³/mol. The molecule has 4 heteroatoms. The Kier molecular flexibility index (Phi) is 3.33. The van der Waals surface area contributed by atoms with Crippen molar-refractivity contribution < 1.29 is 9.90 Å². The van der Waals surface area contributed by atoms with E-state index < -0.39 is 6.10 Å². The quantitative estimate of drug-likeness (QED) is 0.861. The number of rotatable bonds is 3. The second kappa shape index (κ2) is 4.75. The lowest BCUT2D eigenvalue weighted by Crippen LogP contribution is -2.30. The average molecular weight is 234 g/mol. The molecule has 1 saturated heterocycles. The molecule has 1 atom stereocenters. The van der Waals surface area contributed by atoms with Gasteiger partial charge in [0, 0.05) is 32.2 Å². The number of para-hydroxylation sites is 1. The molecule has 0 spiro atoms. The zero-order valence-corrected chi connectivity index (χ0v) is 10.3. The lowest BCUT2D eigenvalue weighted by molar-refractivity contribution is 0.195. The number of amides is 2. The van der Waals surface area contributed by atoms with Crippen molar-refractivity contribution in [2.45, 2.75) is 19.4 Å². The van der Waals surface area contributed by atoms with E-state index in [-0.39, 0.29) is 6.03 Å². The van der Waals surface area contributed by atoms with E-state index in [0.717, 1.165) is 17.8 Å². The van der Waals surface area contributed by atoms with Crippen LogP contribution in [0.15, 0.2) is 24.3 Å². The van der Waals surface area contributed by atoms with Gasteiger partial charge in [0.15, 0.2) is 0 Å². The van der Waals surface area contributed by atoms with Crippen LogP contribution in [0.3, 0.4) is 0 Å². The number of urea groups is 1. The highest BCUT2D eigenvalue weighted by Gasteiger charge is 2.27. The zero-order chi connectivity index (χ0) is 12.4. The molecule has 1 aromatic carbocycles. The summed E-state index contributed by atoms with van der Waals surface area (Å²) in [6.45, 7) is 3.22. The summed E-state index contributed by atoms with van der Waals surface area (Å²) in [5, 5.41) is 9.48. The number of carbonyl (C=O) groups is 1. The minimum absolute atomic E-state index is 0.0306. The molecule has 2 amide bonds. The van der Waals surface area contributed by atoms with Gasteiger partial charge in [-0.25, -0.2) is 4.79 Å². The number of carbonyl (C=O) groups excluding carboxylic acids is 1. The Labute approximate surface area is 101 Å². The van der Waals surface area contributed by atoms with E-state index in [1.165, 1.54) is 0 Å². The Morgan fingerprint density at radius 3 is 2.65 bits per heavy atom. The van der Waals surface area contributed by atoms with E-state index in [2.05, 4.69) is 0 Å². The number of likely N-dealkylation sites (N-methyl/N-ethyl adjacent to an activating group) is 1. The number of anilines is 1. The number of hydrogen-bond donors (Lipinski definition) is 1. The zero-order valence-electron chi connectivity index (χ0n) is 10.3. The smallest absolute Gasteiger partial charge is 0.324 e. The van der Waals surface area contributed by atoms with Crippen LogP contribution in [0.5, 0.6) is 0 Å². The van der Waals surface area contributed by atoms with Crippen molar-refractivity contribution in [1.29, 1.82) is 0 Å². The van der Waals surface area contributed by atoms with Gasteiger partial charge in [0.1, 0.15) is 0 Å². The molecule has 1 aromatic rings. The van der Waals surface area contributed by atoms with Gasteiger partial charge in [0.2, 0.25) is 0 Å². The Bertz CT molecular complexity index is 418. The van der Waals surface area contributed by atoms with E-state index in [9.17, 15) is 9.90 Å². The molecule has 92 valence electrons. The summed E-state index contributed by atoms with van der Waals surface area (Å²) >= 11 is 0. The maximum Gasteiger partial charge on any atom is 0.324 e. The van der Waals surface area contributed by atoms with Crippen molar-refractivity contribution in [3.63, 3.8) is 0 Å². The SMILES string of the molecule is CC(O)Cc1ccccc1N1CCN(C)C1=O. The highest BCUT2D eigenvalue weighted by Crippen LogP contribution is 2.25. The Hall–Kier alpha value is -1.55. The van der Waals surface area contributed by atoms with E-state index in [1.807, 2.05) is 24.3 Å². The molecule has 1 unspecified atom stereocenters. The van der Waals surface area contributed by atoms with Gasteiger partial charge < -0.3 is 10.0 Å². The number of aliphatic hydroxyl groups excluding tert-OH is 1. The van der Waals surface area contributed by atoms with E-state index in [4.69, 9.17) is 0 Å². The normalized spacial score (nSPS) is 17.7. The van der Waals surface area contributed by atoms with Crippen LogP contribution in [0.25, 0.3) is 0 Å². The Morgan fingerprint density at radius 2 is 2.06 bits per heavy atom. The first-order valence-corrected chi connectivity index (χ1v) is 5.88. The summed E-state index contributed by atoms with van der Waals surface area (Å²) in [4.78, 5) is 15.4. The van der Waals surface area contributed by atoms with Crippen molar-refractivity contribution in [3.8, 4) is 0 Å². The van der Waals surface area contributed by atoms with Crippen molar-refractivity contribution >= 4 is 11.7 Å². The van der Waals surface area contributed by atoms with Crippen LogP contribution >= 0.6 is 0 Å². The molecule has 0 saturated carbocycles. The Balaban J connectivity index is 2.29. The molecule has 4 nitrogen and oxygen atoms in total. The van der Waals surface area contributed by atoms with Crippen molar-refractivity contribution in [3.05, 3.63) is 29.8 Å². The second-order valence-electron chi connectivity index (χ2n) is 4.54. The topological polar surface area (TPSA) is 43.8 Å². The minimum Gasteiger partial charge on any atom is -0.393 e. The molecule has 0 bridgehead atoms. The summed E-state index contributed by atoms with van der Waals surface area (Å²) in [6.07, 6.45) is 0.176. The lowest BCUT2D eigenvalue weighted by Gasteiger charge is -2.20. The molecule has 0 radical (unpaired) electrons. The monoisotopic (exact) mass is 234 g/mol. The summed E-state index contributed by atoms with van der Waals surface area (Å²) in [7, 11) is 1.81. The summed E-state index contributed by atoms with van der Waals surface area (Å²) < 4.78 is 0. The van der Waals surface area contributed by atoms with Gasteiger partial charge in [0.05, 0.1) is 6.10 Å². The molecule has 1 N–H and O–H groups in total. The van der Waals surface area contributed by atoms with Crippen LogP contribution in [0.1, 0.15) is 12.5 Å². The van der Waals surface area contributed by atoms with Crippen molar-refractivity contribution in [2.75, 3.05) is 25.0 Å². The number of hydrogen-bond acceptors (Lipinski definition) is 2. The molecule has 17 heavy (non-hydrogen) atoms. The fourth-order valence-corrected chi connectivity index (χ4v) is 2.14. The van der Waals surface area contributed by atoms with Gasteiger partial charge in [-0.1, -0.05) is 18.2 Å². The first-order chi connectivity index (χ1) is 8.09. The molecule has 1 fully saturated rings. The fourth-order valence-electron chi connectivity index (χ4n) is 2.14. The molecular formula is C13H18N2O2. The highest BCUT2D eigenvalue weighted by molar-refractivity contribution is 5.94. The van der Waals surface area contributed by atoms with Gasteiger partial charge in [0.25, 0.3) is 0 Å². The van der Waals surface area contributed by atoms with Crippen LogP contribution in [0, 0.1) is 0 Å². The molecule has 0 aliphatic carbocycles. The third-order valence-corrected chi connectivity index (χ3v) is 3.01. The van der Waals surface area contributed by atoms with E-state index in [1.54, 1.807) is 23.8 Å². The van der Waals surface area contributed by atoms with Gasteiger partial charge in [-0.05, 0) is 18.6 Å². The van der Waals surface area contributed by atoms with Gasteiger partial charge in [-0.15, -0.1) is 0 Å². The average Bonchev–Trinajstić information content (AvgIpc) is 2.60. The second-order valence-corrected chi connectivity index (χ2v) is 4.54. The molecule has 0 aromatic heterocycles. The maximum absolute atomic E-state index is 11.9. The largest absolute Gasteiger partial charge is 0.393 e. The summed E-state index contributed by atoms with van der Waals surface area (Å²) in [5.41, 5.74) is 1.94. The van der Waals surface area contributed by atoms with Crippen molar-refractivity contribution in [1.82, 2.24) is 4.90 Å². The van der Waals surface area contributed by atoms with E-state index in [0.29, 0.717) is 13.0 Å². The number of aliphatic hydroxyl groups is 1. The third-order valence-electron chi connectivity index (χ3n) is 3.01. The summed E-state index contributed by atoms with van der Waals surface area (Å²) in [6, 6.07) is 7.79. The molecule has 1 aliphatic heterocycles. The van der Waals surface area contributed by atoms with Crippen LogP contribution in [0.4, 0.5) is 10.5 Å². The fraction of sp³-hybridized carbons (Fsp3) is 0.462. The van der Waals surface area contributed by atoms with Gasteiger partial charge in [-0.2, -0.15) is 0 Å². The molecule has 1 heterocycles. The summed E-state index contributed by atoms with van der Waals surface area (Å²) in [5.74, 6) is 0. The van der Waals surface area contributed by atoms with Crippen LogP contribution in [0.2, 0.25) is 0 Å². The van der Waals surface area contributed by atoms with Crippen LogP contribution in [-0.4, -0.2) is 42.3 Å². The first kappa shape index (κ1) is 11.9. The maximum atomic E-state index is 11.9. The van der Waals surface area contributed by atoms with Crippen LogP contribution < -0.4 is 4.90 Å². The van der Waals surface area contributed by atoms with Crippen LogP contribution in [-0.2, 0) is 6.42 Å². The Morgan fingerprint density at radius 1 is 1.35 bits per heavy atom. The number of nitrogens with zero attached hydrogens (tertiary/aromatic N) is 2. The van der Waals surface area contributed by atoms with Gasteiger partial charge in [-0.3, -0.25) is 4.90 Å². The highest BCUT2D eigenvalue weighted by atomic mass is 16.3. The molecular weight excluding hydrogens is 216 g/mol. The minimum atomic E-state index is -0.397. The van der Waals surface area contributed by atoms with Gasteiger partial charge >= 0.3 is 6.03 Å².